The highest BCUT2D eigenvalue weighted by Gasteiger charge is 2.18. The molecule has 0 amide bonds. The molecule has 0 spiro atoms. The predicted octanol–water partition coefficient (Wildman–Crippen LogP) is 1.32. The largest absolute Gasteiger partial charge is 0.409 e. The number of pyridine rings is 1. The Morgan fingerprint density at radius 1 is 1.43 bits per heavy atom. The molecular formula is C15H25N5O. The molecular weight excluding hydrogens is 266 g/mol. The van der Waals surface area contributed by atoms with Gasteiger partial charge in [-0.2, -0.15) is 0 Å². The number of aryl methyl sites for hydroxylation is 2. The number of hydrogen-bond acceptors (Lipinski definition) is 5. The summed E-state index contributed by atoms with van der Waals surface area (Å²) in [6.45, 7) is 8.17. The molecule has 116 valence electrons. The molecule has 6 heteroatoms. The smallest absolute Gasteiger partial charge is 0.174 e. The zero-order chi connectivity index (χ0) is 15.4. The van der Waals surface area contributed by atoms with Crippen molar-refractivity contribution in [2.75, 3.05) is 38.1 Å². The van der Waals surface area contributed by atoms with Crippen LogP contribution in [0.3, 0.4) is 0 Å². The van der Waals surface area contributed by atoms with Crippen LogP contribution in [0.1, 0.15) is 29.7 Å². The predicted molar refractivity (Wildman–Crippen MR) is 85.2 cm³/mol. The minimum absolute atomic E-state index is 0.114. The Balaban J connectivity index is 2.20. The van der Waals surface area contributed by atoms with E-state index in [1.807, 2.05) is 27.0 Å². The van der Waals surface area contributed by atoms with E-state index in [0.29, 0.717) is 5.56 Å². The summed E-state index contributed by atoms with van der Waals surface area (Å²) in [6.07, 6.45) is 2.59. The third kappa shape index (κ3) is 3.64. The molecule has 1 aromatic rings. The first-order chi connectivity index (χ1) is 10.0. The van der Waals surface area contributed by atoms with Gasteiger partial charge in [0.15, 0.2) is 5.84 Å². The maximum absolute atomic E-state index is 9.00. The van der Waals surface area contributed by atoms with Crippen molar-refractivity contribution in [3.05, 3.63) is 22.9 Å². The van der Waals surface area contributed by atoms with E-state index < -0.39 is 0 Å². The van der Waals surface area contributed by atoms with Crippen LogP contribution in [-0.2, 0) is 0 Å². The number of anilines is 1. The van der Waals surface area contributed by atoms with Crippen molar-refractivity contribution < 1.29 is 5.21 Å². The molecule has 0 aromatic carbocycles. The lowest BCUT2D eigenvalue weighted by molar-refractivity contribution is 0.318. The minimum atomic E-state index is 0.114. The summed E-state index contributed by atoms with van der Waals surface area (Å²) in [7, 11) is 2.01. The summed E-state index contributed by atoms with van der Waals surface area (Å²) in [5, 5.41) is 12.1. The van der Waals surface area contributed by atoms with Crippen LogP contribution in [0.2, 0.25) is 0 Å². The van der Waals surface area contributed by atoms with Gasteiger partial charge >= 0.3 is 0 Å². The van der Waals surface area contributed by atoms with Crippen LogP contribution in [0.5, 0.6) is 0 Å². The van der Waals surface area contributed by atoms with Crippen LogP contribution >= 0.6 is 0 Å². The van der Waals surface area contributed by atoms with Crippen LogP contribution in [0.25, 0.3) is 0 Å². The molecule has 0 unspecified atom stereocenters. The Labute approximate surface area is 126 Å². The third-order valence-electron chi connectivity index (χ3n) is 4.00. The summed E-state index contributed by atoms with van der Waals surface area (Å²) in [6, 6.07) is 1.95. The second-order valence-corrected chi connectivity index (χ2v) is 5.73. The molecule has 0 saturated carbocycles. The average Bonchev–Trinajstić information content (AvgIpc) is 2.96. The number of oxime groups is 1. The van der Waals surface area contributed by atoms with E-state index in [-0.39, 0.29) is 5.84 Å². The summed E-state index contributed by atoms with van der Waals surface area (Å²) in [4.78, 5) is 9.13. The highest BCUT2D eigenvalue weighted by molar-refractivity contribution is 6.02. The molecule has 21 heavy (non-hydrogen) atoms. The van der Waals surface area contributed by atoms with Gasteiger partial charge in [-0.1, -0.05) is 5.16 Å². The Kier molecular flexibility index (Phi) is 5.01. The van der Waals surface area contributed by atoms with Gasteiger partial charge < -0.3 is 20.7 Å². The zero-order valence-electron chi connectivity index (χ0n) is 13.1. The monoisotopic (exact) mass is 291 g/mol. The first kappa shape index (κ1) is 15.6. The molecule has 1 saturated heterocycles. The Hall–Kier alpha value is -1.82. The van der Waals surface area contributed by atoms with E-state index in [0.717, 1.165) is 30.2 Å². The SMILES string of the molecule is Cc1cc(C)c(C(N)=NO)c(N(C)CCN2CCCC2)n1. The molecule has 2 heterocycles. The fourth-order valence-electron chi connectivity index (χ4n) is 2.86. The summed E-state index contributed by atoms with van der Waals surface area (Å²) >= 11 is 0. The van der Waals surface area contributed by atoms with Gasteiger partial charge in [-0.05, 0) is 51.4 Å². The number of nitrogens with two attached hydrogens (primary N) is 1. The quantitative estimate of drug-likeness (QED) is 0.370. The summed E-state index contributed by atoms with van der Waals surface area (Å²) in [5.74, 6) is 0.894. The number of likely N-dealkylation sites (tertiary alicyclic amines) is 1. The molecule has 6 nitrogen and oxygen atoms in total. The van der Waals surface area contributed by atoms with Crippen LogP contribution in [0.15, 0.2) is 11.2 Å². The molecule has 2 rings (SSSR count). The van der Waals surface area contributed by atoms with Gasteiger partial charge in [0.05, 0.1) is 5.56 Å². The second-order valence-electron chi connectivity index (χ2n) is 5.73. The molecule has 3 N–H and O–H groups in total. The van der Waals surface area contributed by atoms with E-state index in [9.17, 15) is 0 Å². The zero-order valence-corrected chi connectivity index (χ0v) is 13.1. The molecule has 1 fully saturated rings. The normalized spacial score (nSPS) is 16.4. The van der Waals surface area contributed by atoms with E-state index in [4.69, 9.17) is 10.9 Å². The summed E-state index contributed by atoms with van der Waals surface area (Å²) in [5.41, 5.74) is 8.45. The minimum Gasteiger partial charge on any atom is -0.409 e. The lowest BCUT2D eigenvalue weighted by atomic mass is 10.1. The first-order valence-corrected chi connectivity index (χ1v) is 7.42. The average molecular weight is 291 g/mol. The fraction of sp³-hybridized carbons (Fsp3) is 0.600. The van der Waals surface area contributed by atoms with E-state index >= 15 is 0 Å². The highest BCUT2D eigenvalue weighted by atomic mass is 16.4. The Morgan fingerprint density at radius 3 is 2.71 bits per heavy atom. The molecule has 0 bridgehead atoms. The van der Waals surface area contributed by atoms with Gasteiger partial charge in [0.2, 0.25) is 0 Å². The molecule has 0 atom stereocenters. The Bertz CT molecular complexity index is 523. The standard InChI is InChI=1S/C15H25N5O/c1-11-10-12(2)17-15(13(11)14(16)18-21)19(3)8-9-20-6-4-5-7-20/h10,21H,4-9H2,1-3H3,(H2,16,18). The number of likely N-dealkylation sites (N-methyl/N-ethyl adjacent to an activating group) is 1. The molecule has 0 radical (unpaired) electrons. The van der Waals surface area contributed by atoms with Gasteiger partial charge in [-0.3, -0.25) is 0 Å². The fourth-order valence-corrected chi connectivity index (χ4v) is 2.86. The van der Waals surface area contributed by atoms with Gasteiger partial charge in [0, 0.05) is 25.8 Å². The summed E-state index contributed by atoms with van der Waals surface area (Å²) < 4.78 is 0. The van der Waals surface area contributed by atoms with Crippen molar-refractivity contribution in [2.45, 2.75) is 26.7 Å². The Morgan fingerprint density at radius 2 is 2.10 bits per heavy atom. The number of rotatable bonds is 5. The molecule has 1 aromatic heterocycles. The van der Waals surface area contributed by atoms with Crippen molar-refractivity contribution >= 4 is 11.7 Å². The maximum atomic E-state index is 9.00. The van der Waals surface area contributed by atoms with Gasteiger partial charge in [-0.15, -0.1) is 0 Å². The number of amidine groups is 1. The lowest BCUT2D eigenvalue weighted by Gasteiger charge is -2.25. The topological polar surface area (TPSA) is 78.0 Å². The van der Waals surface area contributed by atoms with Crippen LogP contribution in [0, 0.1) is 13.8 Å². The van der Waals surface area contributed by atoms with Gasteiger partial charge in [0.25, 0.3) is 0 Å². The van der Waals surface area contributed by atoms with Crippen molar-refractivity contribution in [3.8, 4) is 0 Å². The first-order valence-electron chi connectivity index (χ1n) is 7.42. The second kappa shape index (κ2) is 6.76. The van der Waals surface area contributed by atoms with Crippen molar-refractivity contribution in [1.29, 1.82) is 0 Å². The lowest BCUT2D eigenvalue weighted by Crippen LogP contribution is -2.33. The molecule has 1 aliphatic rings. The molecule has 0 aliphatic carbocycles. The van der Waals surface area contributed by atoms with Gasteiger partial charge in [-0.25, -0.2) is 4.98 Å². The van der Waals surface area contributed by atoms with Gasteiger partial charge in [0.1, 0.15) is 5.82 Å². The molecule has 1 aliphatic heterocycles. The van der Waals surface area contributed by atoms with E-state index in [1.54, 1.807) is 0 Å². The number of aromatic nitrogens is 1. The van der Waals surface area contributed by atoms with Crippen molar-refractivity contribution in [1.82, 2.24) is 9.88 Å². The third-order valence-corrected chi connectivity index (χ3v) is 4.00. The van der Waals surface area contributed by atoms with Crippen molar-refractivity contribution in [3.63, 3.8) is 0 Å². The highest BCUT2D eigenvalue weighted by Crippen LogP contribution is 2.21. The van der Waals surface area contributed by atoms with Crippen LogP contribution < -0.4 is 10.6 Å². The number of hydrogen-bond donors (Lipinski definition) is 2. The van der Waals surface area contributed by atoms with Crippen LogP contribution in [0.4, 0.5) is 5.82 Å². The van der Waals surface area contributed by atoms with Crippen molar-refractivity contribution in [2.24, 2.45) is 10.9 Å². The maximum Gasteiger partial charge on any atom is 0.174 e. The number of nitrogens with zero attached hydrogens (tertiary/aromatic N) is 4. The van der Waals surface area contributed by atoms with E-state index in [1.165, 1.54) is 25.9 Å². The van der Waals surface area contributed by atoms with Crippen LogP contribution in [-0.4, -0.2) is 54.2 Å². The van der Waals surface area contributed by atoms with E-state index in [2.05, 4.69) is 19.9 Å².